The van der Waals surface area contributed by atoms with E-state index in [1.165, 1.54) is 45.3 Å². The highest BCUT2D eigenvalue weighted by Crippen LogP contribution is 2.27. The Morgan fingerprint density at radius 3 is 3.07 bits per heavy atom. The average molecular weight is 210 g/mol. The summed E-state index contributed by atoms with van der Waals surface area (Å²) in [5, 5.41) is 3.67. The van der Waals surface area contributed by atoms with Crippen LogP contribution in [0.25, 0.3) is 0 Å². The molecule has 0 amide bonds. The quantitative estimate of drug-likeness (QED) is 0.694. The third kappa shape index (κ3) is 2.05. The Bertz CT molecular complexity index is 216. The second kappa shape index (κ2) is 4.40. The predicted octanol–water partition coefficient (Wildman–Crippen LogP) is 0.849. The monoisotopic (exact) mass is 210 g/mol. The van der Waals surface area contributed by atoms with E-state index in [2.05, 4.69) is 10.2 Å². The maximum atomic E-state index is 5.49. The molecule has 3 fully saturated rings. The van der Waals surface area contributed by atoms with Crippen LogP contribution in [0.15, 0.2) is 0 Å². The summed E-state index contributed by atoms with van der Waals surface area (Å²) in [6, 6.07) is 1.55. The Labute approximate surface area is 92.2 Å². The van der Waals surface area contributed by atoms with Gasteiger partial charge in [0.25, 0.3) is 0 Å². The molecular formula is C12H22N2O. The van der Waals surface area contributed by atoms with E-state index < -0.39 is 0 Å². The fourth-order valence-corrected chi connectivity index (χ4v) is 3.41. The summed E-state index contributed by atoms with van der Waals surface area (Å²) in [6.45, 7) is 5.79. The molecule has 3 heteroatoms. The van der Waals surface area contributed by atoms with Gasteiger partial charge in [-0.2, -0.15) is 0 Å². The van der Waals surface area contributed by atoms with Crippen LogP contribution in [0, 0.1) is 5.92 Å². The molecule has 3 nitrogen and oxygen atoms in total. The van der Waals surface area contributed by atoms with E-state index in [9.17, 15) is 0 Å². The fraction of sp³-hybridized carbons (Fsp3) is 1.00. The molecule has 1 N–H and O–H groups in total. The summed E-state index contributed by atoms with van der Waals surface area (Å²) >= 11 is 0. The van der Waals surface area contributed by atoms with Crippen molar-refractivity contribution < 1.29 is 4.74 Å². The van der Waals surface area contributed by atoms with Gasteiger partial charge in [-0.05, 0) is 38.1 Å². The lowest BCUT2D eigenvalue weighted by molar-refractivity contribution is 0.0703. The molecule has 0 aliphatic carbocycles. The number of hydrogen-bond acceptors (Lipinski definition) is 3. The van der Waals surface area contributed by atoms with Crippen LogP contribution in [-0.2, 0) is 4.74 Å². The SMILES string of the molecule is C1CNC2CCN(C3CCOC3)CC2C1. The summed E-state index contributed by atoms with van der Waals surface area (Å²) in [5.74, 6) is 0.910. The van der Waals surface area contributed by atoms with Crippen molar-refractivity contribution in [2.45, 2.75) is 37.8 Å². The van der Waals surface area contributed by atoms with Crippen molar-refractivity contribution in [1.82, 2.24) is 10.2 Å². The Morgan fingerprint density at radius 2 is 2.20 bits per heavy atom. The minimum Gasteiger partial charge on any atom is -0.380 e. The lowest BCUT2D eigenvalue weighted by Crippen LogP contribution is -2.54. The summed E-state index contributed by atoms with van der Waals surface area (Å²) in [4.78, 5) is 2.68. The highest BCUT2D eigenvalue weighted by Gasteiger charge is 2.34. The van der Waals surface area contributed by atoms with Crippen LogP contribution in [-0.4, -0.2) is 49.8 Å². The fourth-order valence-electron chi connectivity index (χ4n) is 3.41. The summed E-state index contributed by atoms with van der Waals surface area (Å²) in [7, 11) is 0. The number of piperidine rings is 2. The lowest BCUT2D eigenvalue weighted by Gasteiger charge is -2.43. The van der Waals surface area contributed by atoms with Crippen LogP contribution in [0.3, 0.4) is 0 Å². The normalized spacial score (nSPS) is 42.8. The zero-order valence-electron chi connectivity index (χ0n) is 9.45. The Morgan fingerprint density at radius 1 is 1.20 bits per heavy atom. The van der Waals surface area contributed by atoms with Crippen molar-refractivity contribution in [1.29, 1.82) is 0 Å². The van der Waals surface area contributed by atoms with Crippen molar-refractivity contribution in [3.05, 3.63) is 0 Å². The zero-order chi connectivity index (χ0) is 10.1. The Hall–Kier alpha value is -0.120. The second-order valence-corrected chi connectivity index (χ2v) is 5.26. The van der Waals surface area contributed by atoms with Gasteiger partial charge in [0, 0.05) is 31.8 Å². The van der Waals surface area contributed by atoms with Gasteiger partial charge in [0.05, 0.1) is 6.61 Å². The van der Waals surface area contributed by atoms with E-state index >= 15 is 0 Å². The number of rotatable bonds is 1. The number of nitrogens with one attached hydrogen (secondary N) is 1. The van der Waals surface area contributed by atoms with Crippen LogP contribution in [0.1, 0.15) is 25.7 Å². The van der Waals surface area contributed by atoms with E-state index in [0.29, 0.717) is 0 Å². The Balaban J connectivity index is 1.59. The van der Waals surface area contributed by atoms with Crippen LogP contribution in [0.4, 0.5) is 0 Å². The minimum atomic E-state index is 0.730. The summed E-state index contributed by atoms with van der Waals surface area (Å²) in [5.41, 5.74) is 0. The van der Waals surface area contributed by atoms with E-state index in [4.69, 9.17) is 4.74 Å². The first kappa shape index (κ1) is 10.1. The first-order chi connectivity index (χ1) is 7.43. The summed E-state index contributed by atoms with van der Waals surface area (Å²) < 4.78 is 5.49. The molecule has 0 bridgehead atoms. The van der Waals surface area contributed by atoms with Crippen LogP contribution in [0.5, 0.6) is 0 Å². The first-order valence-electron chi connectivity index (χ1n) is 6.48. The number of nitrogens with zero attached hydrogens (tertiary/aromatic N) is 1. The van der Waals surface area contributed by atoms with Crippen molar-refractivity contribution in [3.63, 3.8) is 0 Å². The van der Waals surface area contributed by atoms with Crippen molar-refractivity contribution in [2.75, 3.05) is 32.8 Å². The number of hydrogen-bond donors (Lipinski definition) is 1. The molecule has 3 saturated heterocycles. The zero-order valence-corrected chi connectivity index (χ0v) is 9.45. The lowest BCUT2D eigenvalue weighted by atomic mass is 9.85. The van der Waals surface area contributed by atoms with Gasteiger partial charge in [-0.1, -0.05) is 0 Å². The molecule has 3 heterocycles. The maximum absolute atomic E-state index is 5.49. The van der Waals surface area contributed by atoms with E-state index in [0.717, 1.165) is 31.2 Å². The van der Waals surface area contributed by atoms with Crippen molar-refractivity contribution in [3.8, 4) is 0 Å². The molecule has 3 aliphatic heterocycles. The minimum absolute atomic E-state index is 0.730. The summed E-state index contributed by atoms with van der Waals surface area (Å²) in [6.07, 6.45) is 5.41. The van der Waals surface area contributed by atoms with Crippen LogP contribution >= 0.6 is 0 Å². The third-order valence-corrected chi connectivity index (χ3v) is 4.35. The van der Waals surface area contributed by atoms with E-state index in [1.54, 1.807) is 0 Å². The van der Waals surface area contributed by atoms with Crippen molar-refractivity contribution >= 4 is 0 Å². The molecule has 15 heavy (non-hydrogen) atoms. The van der Waals surface area contributed by atoms with E-state index in [-0.39, 0.29) is 0 Å². The van der Waals surface area contributed by atoms with Gasteiger partial charge in [-0.3, -0.25) is 4.90 Å². The van der Waals surface area contributed by atoms with Gasteiger partial charge in [0.1, 0.15) is 0 Å². The molecular weight excluding hydrogens is 188 g/mol. The van der Waals surface area contributed by atoms with Gasteiger partial charge < -0.3 is 10.1 Å². The number of fused-ring (bicyclic) bond motifs is 1. The highest BCUT2D eigenvalue weighted by atomic mass is 16.5. The standard InChI is InChI=1S/C12H22N2O/c1-2-10-8-14(11-4-7-15-9-11)6-3-12(10)13-5-1/h10-13H,1-9H2. The molecule has 3 rings (SSSR count). The van der Waals surface area contributed by atoms with Gasteiger partial charge in [0.15, 0.2) is 0 Å². The maximum Gasteiger partial charge on any atom is 0.0622 e. The number of likely N-dealkylation sites (tertiary alicyclic amines) is 1. The molecule has 3 unspecified atom stereocenters. The average Bonchev–Trinajstić information content (AvgIpc) is 2.82. The van der Waals surface area contributed by atoms with Gasteiger partial charge in [-0.25, -0.2) is 0 Å². The number of ether oxygens (including phenoxy) is 1. The first-order valence-corrected chi connectivity index (χ1v) is 6.48. The molecule has 0 aromatic rings. The third-order valence-electron chi connectivity index (χ3n) is 4.35. The topological polar surface area (TPSA) is 24.5 Å². The predicted molar refractivity (Wildman–Crippen MR) is 59.9 cm³/mol. The molecule has 3 aliphatic rings. The van der Waals surface area contributed by atoms with Gasteiger partial charge in [0.2, 0.25) is 0 Å². The smallest absolute Gasteiger partial charge is 0.0622 e. The van der Waals surface area contributed by atoms with E-state index in [1.807, 2.05) is 0 Å². The molecule has 0 radical (unpaired) electrons. The van der Waals surface area contributed by atoms with Crippen molar-refractivity contribution in [2.24, 2.45) is 5.92 Å². The molecule has 86 valence electrons. The largest absolute Gasteiger partial charge is 0.380 e. The molecule has 0 spiro atoms. The second-order valence-electron chi connectivity index (χ2n) is 5.26. The highest BCUT2D eigenvalue weighted by molar-refractivity contribution is 4.91. The molecule has 0 aromatic carbocycles. The van der Waals surface area contributed by atoms with Crippen LogP contribution in [0.2, 0.25) is 0 Å². The molecule has 0 saturated carbocycles. The Kier molecular flexibility index (Phi) is 2.95. The van der Waals surface area contributed by atoms with Gasteiger partial charge in [-0.15, -0.1) is 0 Å². The molecule has 3 atom stereocenters. The van der Waals surface area contributed by atoms with Gasteiger partial charge >= 0.3 is 0 Å². The van der Waals surface area contributed by atoms with Crippen LogP contribution < -0.4 is 5.32 Å². The molecule has 0 aromatic heterocycles.